The number of hydrogen-bond donors (Lipinski definition) is 0. The van der Waals surface area contributed by atoms with Crippen molar-refractivity contribution in [1.82, 2.24) is 4.98 Å². The third-order valence-corrected chi connectivity index (χ3v) is 6.77. The van der Waals surface area contributed by atoms with E-state index < -0.39 is 0 Å². The summed E-state index contributed by atoms with van der Waals surface area (Å²) < 4.78 is 6.45. The number of thioether (sulfide) groups is 1. The fourth-order valence-electron chi connectivity index (χ4n) is 3.39. The van der Waals surface area contributed by atoms with Crippen LogP contribution in [0.25, 0.3) is 10.2 Å². The molecule has 3 nitrogen and oxygen atoms in total. The van der Waals surface area contributed by atoms with Gasteiger partial charge in [0, 0.05) is 0 Å². The first-order valence-corrected chi connectivity index (χ1v) is 10.3. The normalized spacial score (nSPS) is 16.8. The molecule has 3 rings (SSSR count). The predicted molar refractivity (Wildman–Crippen MR) is 111 cm³/mol. The first kappa shape index (κ1) is 18.5. The van der Waals surface area contributed by atoms with Crippen LogP contribution in [0.4, 0.5) is 0 Å². The van der Waals surface area contributed by atoms with E-state index in [2.05, 4.69) is 41.5 Å². The van der Waals surface area contributed by atoms with Crippen LogP contribution in [0.2, 0.25) is 0 Å². The summed E-state index contributed by atoms with van der Waals surface area (Å²) in [6.45, 7) is 13.6. The summed E-state index contributed by atoms with van der Waals surface area (Å²) in [5, 5.41) is 2.04. The average Bonchev–Trinajstić information content (AvgIpc) is 3.07. The predicted octanol–water partition coefficient (Wildman–Crippen LogP) is 6.14. The second-order valence-electron chi connectivity index (χ2n) is 7.50. The molecule has 0 fully saturated rings. The lowest BCUT2D eigenvalue weighted by molar-refractivity contribution is 0.415. The fraction of sp³-hybridized carbons (Fsp3) is 0.500. The van der Waals surface area contributed by atoms with E-state index in [0.29, 0.717) is 11.8 Å². The second-order valence-corrected chi connectivity index (χ2v) is 10.1. The van der Waals surface area contributed by atoms with E-state index >= 15 is 0 Å². The van der Waals surface area contributed by atoms with Crippen molar-refractivity contribution in [3.8, 4) is 5.75 Å². The molecule has 0 radical (unpaired) electrons. The van der Waals surface area contributed by atoms with E-state index in [9.17, 15) is 0 Å². The van der Waals surface area contributed by atoms with Gasteiger partial charge in [-0.05, 0) is 49.5 Å². The van der Waals surface area contributed by atoms with Crippen LogP contribution < -0.4 is 4.74 Å². The van der Waals surface area contributed by atoms with Gasteiger partial charge in [0.15, 0.2) is 0 Å². The standard InChI is InChI=1S/C20H26N2OS2/c1-11(2)16(12(3)4)17-20(5,6)25-19(22-17)18-21-14-9-8-13(23-7)10-15(14)24-18/h8-12H,1-7H3. The van der Waals surface area contributed by atoms with Crippen molar-refractivity contribution in [1.29, 1.82) is 0 Å². The molecule has 1 aromatic heterocycles. The van der Waals surface area contributed by atoms with Gasteiger partial charge in [0.25, 0.3) is 0 Å². The first-order valence-electron chi connectivity index (χ1n) is 8.70. The van der Waals surface area contributed by atoms with Crippen molar-refractivity contribution in [3.63, 3.8) is 0 Å². The number of allylic oxidation sites excluding steroid dienone is 1. The van der Waals surface area contributed by atoms with Gasteiger partial charge < -0.3 is 4.74 Å². The van der Waals surface area contributed by atoms with Gasteiger partial charge in [-0.1, -0.05) is 39.5 Å². The summed E-state index contributed by atoms with van der Waals surface area (Å²) >= 11 is 3.52. The zero-order chi connectivity index (χ0) is 18.4. The zero-order valence-corrected chi connectivity index (χ0v) is 17.6. The lowest BCUT2D eigenvalue weighted by Gasteiger charge is -2.25. The zero-order valence-electron chi connectivity index (χ0n) is 16.0. The van der Waals surface area contributed by atoms with Crippen molar-refractivity contribution in [3.05, 3.63) is 34.5 Å². The second kappa shape index (κ2) is 6.76. The van der Waals surface area contributed by atoms with Crippen LogP contribution in [0.5, 0.6) is 5.75 Å². The van der Waals surface area contributed by atoms with Crippen LogP contribution in [0.1, 0.15) is 46.6 Å². The molecule has 2 aromatic rings. The molecular weight excluding hydrogens is 348 g/mol. The van der Waals surface area contributed by atoms with E-state index in [1.165, 1.54) is 11.3 Å². The highest BCUT2D eigenvalue weighted by Crippen LogP contribution is 2.47. The molecule has 0 saturated carbocycles. The average molecular weight is 375 g/mol. The number of nitrogens with zero attached hydrogens (tertiary/aromatic N) is 2. The summed E-state index contributed by atoms with van der Waals surface area (Å²) in [4.78, 5) is 9.88. The smallest absolute Gasteiger partial charge is 0.149 e. The van der Waals surface area contributed by atoms with Gasteiger partial charge in [-0.25, -0.2) is 9.98 Å². The Hall–Kier alpha value is -1.33. The number of aromatic nitrogens is 1. The minimum Gasteiger partial charge on any atom is -0.497 e. The van der Waals surface area contributed by atoms with Gasteiger partial charge in [0.2, 0.25) is 0 Å². The maximum absolute atomic E-state index is 5.33. The van der Waals surface area contributed by atoms with Crippen molar-refractivity contribution in [2.24, 2.45) is 16.8 Å². The summed E-state index contributed by atoms with van der Waals surface area (Å²) in [5.41, 5.74) is 3.69. The Morgan fingerprint density at radius 3 is 2.40 bits per heavy atom. The largest absolute Gasteiger partial charge is 0.497 e. The molecule has 5 heteroatoms. The number of ether oxygens (including phenoxy) is 1. The van der Waals surface area contributed by atoms with Crippen LogP contribution in [-0.4, -0.2) is 21.9 Å². The summed E-state index contributed by atoms with van der Waals surface area (Å²) in [5.74, 6) is 1.86. The highest BCUT2D eigenvalue weighted by molar-refractivity contribution is 8.16. The van der Waals surface area contributed by atoms with E-state index in [4.69, 9.17) is 14.7 Å². The molecule has 0 atom stereocenters. The Bertz CT molecular complexity index is 850. The van der Waals surface area contributed by atoms with Gasteiger partial charge in [-0.15, -0.1) is 11.3 Å². The number of aliphatic imine (C=N–C) groups is 1. The number of benzene rings is 1. The Morgan fingerprint density at radius 1 is 1.12 bits per heavy atom. The highest BCUT2D eigenvalue weighted by atomic mass is 32.2. The molecule has 0 N–H and O–H groups in total. The van der Waals surface area contributed by atoms with E-state index in [1.807, 2.05) is 30.0 Å². The molecule has 134 valence electrons. The fourth-order valence-corrected chi connectivity index (χ4v) is 5.53. The van der Waals surface area contributed by atoms with Crippen molar-refractivity contribution < 1.29 is 4.74 Å². The van der Waals surface area contributed by atoms with Crippen LogP contribution in [-0.2, 0) is 0 Å². The number of thiazole rings is 1. The molecule has 25 heavy (non-hydrogen) atoms. The minimum atomic E-state index is -0.0191. The third kappa shape index (κ3) is 3.49. The van der Waals surface area contributed by atoms with Gasteiger partial charge in [-0.2, -0.15) is 0 Å². The van der Waals surface area contributed by atoms with Gasteiger partial charge in [-0.3, -0.25) is 0 Å². The van der Waals surface area contributed by atoms with Crippen LogP contribution in [0.15, 0.2) is 34.5 Å². The number of methoxy groups -OCH3 is 1. The lowest BCUT2D eigenvalue weighted by Crippen LogP contribution is -2.19. The monoisotopic (exact) mass is 374 g/mol. The Labute approximate surface area is 158 Å². The van der Waals surface area contributed by atoms with E-state index in [1.54, 1.807) is 18.4 Å². The molecule has 1 aliphatic heterocycles. The molecular formula is C20H26N2OS2. The van der Waals surface area contributed by atoms with Crippen LogP contribution in [0.3, 0.4) is 0 Å². The minimum absolute atomic E-state index is 0.0191. The molecule has 0 bridgehead atoms. The highest BCUT2D eigenvalue weighted by Gasteiger charge is 2.37. The van der Waals surface area contributed by atoms with Gasteiger partial charge in [0.05, 0.1) is 27.8 Å². The van der Waals surface area contributed by atoms with Crippen LogP contribution in [0, 0.1) is 11.8 Å². The maximum atomic E-state index is 5.33. The molecule has 0 saturated heterocycles. The van der Waals surface area contributed by atoms with Crippen molar-refractivity contribution >= 4 is 38.4 Å². The summed E-state index contributed by atoms with van der Waals surface area (Å²) in [6.07, 6.45) is 0. The number of hydrogen-bond acceptors (Lipinski definition) is 5. The van der Waals surface area contributed by atoms with E-state index in [-0.39, 0.29) is 4.75 Å². The Balaban J connectivity index is 2.09. The molecule has 0 aliphatic carbocycles. The van der Waals surface area contributed by atoms with Crippen molar-refractivity contribution in [2.45, 2.75) is 46.3 Å². The number of fused-ring (bicyclic) bond motifs is 1. The quantitative estimate of drug-likeness (QED) is 0.644. The van der Waals surface area contributed by atoms with E-state index in [0.717, 1.165) is 26.0 Å². The van der Waals surface area contributed by atoms with Crippen molar-refractivity contribution in [2.75, 3.05) is 7.11 Å². The SMILES string of the molecule is COc1ccc2nc(C3=NC(=C(C(C)C)C(C)C)C(C)(C)S3)sc2c1. The molecule has 1 aromatic carbocycles. The first-order chi connectivity index (χ1) is 11.7. The lowest BCUT2D eigenvalue weighted by atomic mass is 9.87. The van der Waals surface area contributed by atoms with Gasteiger partial charge >= 0.3 is 0 Å². The summed E-state index contributed by atoms with van der Waals surface area (Å²) in [7, 11) is 1.69. The topological polar surface area (TPSA) is 34.5 Å². The number of rotatable bonds is 4. The molecule has 0 amide bonds. The third-order valence-electron chi connectivity index (χ3n) is 4.43. The molecule has 1 aliphatic rings. The summed E-state index contributed by atoms with van der Waals surface area (Å²) in [6, 6.07) is 6.02. The molecule has 2 heterocycles. The van der Waals surface area contributed by atoms with Crippen LogP contribution >= 0.6 is 23.1 Å². The van der Waals surface area contributed by atoms with Gasteiger partial charge in [0.1, 0.15) is 15.8 Å². The Morgan fingerprint density at radius 2 is 1.80 bits per heavy atom. The Kier molecular flexibility index (Phi) is 5.00. The molecule has 0 spiro atoms. The maximum Gasteiger partial charge on any atom is 0.149 e. The molecule has 0 unspecified atom stereocenters.